The molecule has 0 aliphatic rings. The van der Waals surface area contributed by atoms with Gasteiger partial charge in [-0.2, -0.15) is 0 Å². The number of benzene rings is 1. The van der Waals surface area contributed by atoms with Crippen molar-refractivity contribution in [3.8, 4) is 0 Å². The summed E-state index contributed by atoms with van der Waals surface area (Å²) in [6.07, 6.45) is 1.71. The number of hydrogen-bond donors (Lipinski definition) is 2. The van der Waals surface area contributed by atoms with Crippen molar-refractivity contribution in [2.45, 2.75) is 19.8 Å². The first-order valence-corrected chi connectivity index (χ1v) is 9.69. The molecule has 0 atom stereocenters. The highest BCUT2D eigenvalue weighted by Gasteiger charge is 2.17. The Bertz CT molecular complexity index is 691. The summed E-state index contributed by atoms with van der Waals surface area (Å²) in [6, 6.07) is 6.73. The molecular weight excluding hydrogens is 346 g/mol. The Morgan fingerprint density at radius 1 is 1.16 bits per heavy atom. The van der Waals surface area contributed by atoms with Gasteiger partial charge in [0.15, 0.2) is 0 Å². The summed E-state index contributed by atoms with van der Waals surface area (Å²) in [5.74, 6) is -0.510. The molecule has 2 N–H and O–H groups in total. The molecule has 25 heavy (non-hydrogen) atoms. The van der Waals surface area contributed by atoms with Crippen molar-refractivity contribution in [3.63, 3.8) is 0 Å². The van der Waals surface area contributed by atoms with Crippen LogP contribution in [0.4, 0.5) is 11.4 Å². The number of hydrogen-bond acceptors (Lipinski definition) is 5. The highest BCUT2D eigenvalue weighted by atomic mass is 32.2. The fourth-order valence-corrected chi connectivity index (χ4v) is 3.04. The molecule has 1 rings (SSSR count). The van der Waals surface area contributed by atoms with E-state index in [0.29, 0.717) is 30.9 Å². The smallest absolute Gasteiger partial charge is 0.225 e. The zero-order chi connectivity index (χ0) is 18.9. The third-order valence-electron chi connectivity index (χ3n) is 3.28. The molecule has 0 aromatic heterocycles. The van der Waals surface area contributed by atoms with E-state index in [4.69, 9.17) is 4.74 Å². The van der Waals surface area contributed by atoms with Crippen molar-refractivity contribution >= 4 is 33.2 Å². The van der Waals surface area contributed by atoms with Gasteiger partial charge in [0.25, 0.3) is 0 Å². The SMILES string of the molecule is COCCCN(CCC(=O)Nc1cccc(NC(C)=O)c1)S(C)(=O)=O. The molecule has 0 bridgehead atoms. The first-order chi connectivity index (χ1) is 11.7. The Hall–Kier alpha value is -1.97. The van der Waals surface area contributed by atoms with Gasteiger partial charge in [-0.3, -0.25) is 9.59 Å². The minimum atomic E-state index is -3.38. The van der Waals surface area contributed by atoms with Crippen molar-refractivity contribution in [2.75, 3.05) is 43.7 Å². The molecule has 0 fully saturated rings. The lowest BCUT2D eigenvalue weighted by atomic mass is 10.2. The van der Waals surface area contributed by atoms with Crippen molar-refractivity contribution in [3.05, 3.63) is 24.3 Å². The van der Waals surface area contributed by atoms with Crippen LogP contribution in [-0.2, 0) is 24.3 Å². The minimum absolute atomic E-state index is 0.0322. The van der Waals surface area contributed by atoms with Crippen LogP contribution in [0.15, 0.2) is 24.3 Å². The molecule has 0 heterocycles. The average Bonchev–Trinajstić information content (AvgIpc) is 2.49. The first kappa shape index (κ1) is 21.1. The fraction of sp³-hybridized carbons (Fsp3) is 0.500. The second-order valence-electron chi connectivity index (χ2n) is 5.57. The molecule has 0 aliphatic heterocycles. The number of methoxy groups -OCH3 is 1. The number of carbonyl (C=O) groups excluding carboxylic acids is 2. The second kappa shape index (κ2) is 10.1. The lowest BCUT2D eigenvalue weighted by Crippen LogP contribution is -2.34. The summed E-state index contributed by atoms with van der Waals surface area (Å²) >= 11 is 0. The van der Waals surface area contributed by atoms with E-state index in [0.717, 1.165) is 6.26 Å². The largest absolute Gasteiger partial charge is 0.385 e. The van der Waals surface area contributed by atoms with E-state index in [1.807, 2.05) is 0 Å². The number of anilines is 2. The molecule has 8 nitrogen and oxygen atoms in total. The van der Waals surface area contributed by atoms with Crippen LogP contribution in [0, 0.1) is 0 Å². The van der Waals surface area contributed by atoms with E-state index >= 15 is 0 Å². The van der Waals surface area contributed by atoms with Gasteiger partial charge >= 0.3 is 0 Å². The van der Waals surface area contributed by atoms with Crippen LogP contribution in [0.2, 0.25) is 0 Å². The molecule has 0 unspecified atom stereocenters. The molecule has 1 aromatic rings. The molecule has 0 saturated heterocycles. The van der Waals surface area contributed by atoms with Crippen LogP contribution in [-0.4, -0.2) is 57.6 Å². The van der Waals surface area contributed by atoms with E-state index in [1.54, 1.807) is 31.4 Å². The van der Waals surface area contributed by atoms with Gasteiger partial charge in [-0.15, -0.1) is 0 Å². The van der Waals surface area contributed by atoms with Gasteiger partial charge in [-0.05, 0) is 24.6 Å². The number of nitrogens with zero attached hydrogens (tertiary/aromatic N) is 1. The van der Waals surface area contributed by atoms with Crippen molar-refractivity contribution in [2.24, 2.45) is 0 Å². The topological polar surface area (TPSA) is 105 Å². The lowest BCUT2D eigenvalue weighted by Gasteiger charge is -2.19. The Labute approximate surface area is 148 Å². The van der Waals surface area contributed by atoms with Crippen LogP contribution in [0.25, 0.3) is 0 Å². The maximum atomic E-state index is 12.1. The molecule has 9 heteroatoms. The molecule has 1 aromatic carbocycles. The second-order valence-corrected chi connectivity index (χ2v) is 7.55. The minimum Gasteiger partial charge on any atom is -0.385 e. The molecule has 2 amide bonds. The third kappa shape index (κ3) is 8.62. The molecule has 0 radical (unpaired) electrons. The molecule has 0 aliphatic carbocycles. The quantitative estimate of drug-likeness (QED) is 0.603. The molecular formula is C16H25N3O5S. The fourth-order valence-electron chi connectivity index (χ4n) is 2.16. The maximum absolute atomic E-state index is 12.1. The van der Waals surface area contributed by atoms with Crippen molar-refractivity contribution in [1.29, 1.82) is 0 Å². The van der Waals surface area contributed by atoms with Gasteiger partial charge in [-0.25, -0.2) is 12.7 Å². The highest BCUT2D eigenvalue weighted by molar-refractivity contribution is 7.88. The maximum Gasteiger partial charge on any atom is 0.225 e. The summed E-state index contributed by atoms with van der Waals surface area (Å²) in [6.45, 7) is 2.25. The van der Waals surface area contributed by atoms with E-state index in [-0.39, 0.29) is 24.8 Å². The highest BCUT2D eigenvalue weighted by Crippen LogP contribution is 2.15. The van der Waals surface area contributed by atoms with Crippen LogP contribution in [0.3, 0.4) is 0 Å². The van der Waals surface area contributed by atoms with Gasteiger partial charge < -0.3 is 15.4 Å². The van der Waals surface area contributed by atoms with Crippen LogP contribution in [0.1, 0.15) is 19.8 Å². The van der Waals surface area contributed by atoms with Crippen LogP contribution >= 0.6 is 0 Å². The van der Waals surface area contributed by atoms with Crippen LogP contribution < -0.4 is 10.6 Å². The Morgan fingerprint density at radius 3 is 2.36 bits per heavy atom. The third-order valence-corrected chi connectivity index (χ3v) is 4.58. The predicted octanol–water partition coefficient (Wildman–Crippen LogP) is 1.27. The molecule has 0 spiro atoms. The Morgan fingerprint density at radius 2 is 1.80 bits per heavy atom. The predicted molar refractivity (Wildman–Crippen MR) is 96.9 cm³/mol. The van der Waals surface area contributed by atoms with E-state index in [1.165, 1.54) is 11.2 Å². The van der Waals surface area contributed by atoms with Gasteiger partial charge in [0.2, 0.25) is 21.8 Å². The first-order valence-electron chi connectivity index (χ1n) is 7.84. The standard InChI is InChI=1S/C16H25N3O5S/c1-13(20)17-14-6-4-7-15(12-14)18-16(21)8-10-19(25(3,22)23)9-5-11-24-2/h4,6-7,12H,5,8-11H2,1-3H3,(H,17,20)(H,18,21). The zero-order valence-electron chi connectivity index (χ0n) is 14.7. The number of nitrogens with one attached hydrogen (secondary N) is 2. The zero-order valence-corrected chi connectivity index (χ0v) is 15.6. The number of carbonyl (C=O) groups is 2. The number of rotatable bonds is 10. The molecule has 140 valence electrons. The number of amides is 2. The van der Waals surface area contributed by atoms with Crippen molar-refractivity contribution in [1.82, 2.24) is 4.31 Å². The van der Waals surface area contributed by atoms with E-state index < -0.39 is 10.0 Å². The summed E-state index contributed by atoms with van der Waals surface area (Å²) < 4.78 is 29.7. The monoisotopic (exact) mass is 371 g/mol. The van der Waals surface area contributed by atoms with Gasteiger partial charge in [0, 0.05) is 51.5 Å². The summed E-state index contributed by atoms with van der Waals surface area (Å²) in [4.78, 5) is 23.1. The Kier molecular flexibility index (Phi) is 8.53. The summed E-state index contributed by atoms with van der Waals surface area (Å²) in [7, 11) is -1.83. The lowest BCUT2D eigenvalue weighted by molar-refractivity contribution is -0.116. The van der Waals surface area contributed by atoms with Gasteiger partial charge in [0.05, 0.1) is 6.26 Å². The van der Waals surface area contributed by atoms with Gasteiger partial charge in [-0.1, -0.05) is 6.07 Å². The number of ether oxygens (including phenoxy) is 1. The van der Waals surface area contributed by atoms with E-state index in [9.17, 15) is 18.0 Å². The Balaban J connectivity index is 2.58. The van der Waals surface area contributed by atoms with E-state index in [2.05, 4.69) is 10.6 Å². The number of sulfonamides is 1. The van der Waals surface area contributed by atoms with Gasteiger partial charge in [0.1, 0.15) is 0 Å². The van der Waals surface area contributed by atoms with Crippen LogP contribution in [0.5, 0.6) is 0 Å². The van der Waals surface area contributed by atoms with Crippen molar-refractivity contribution < 1.29 is 22.7 Å². The summed E-state index contributed by atoms with van der Waals surface area (Å²) in [5, 5.41) is 5.32. The molecule has 0 saturated carbocycles. The average molecular weight is 371 g/mol. The summed E-state index contributed by atoms with van der Waals surface area (Å²) in [5.41, 5.74) is 1.10. The normalized spacial score (nSPS) is 11.4.